The number of hydrogen-bond donors (Lipinski definition) is 0. The highest BCUT2D eigenvalue weighted by atomic mass is 28.2. The molecular weight excluding hydrogens is 184 g/mol. The van der Waals surface area contributed by atoms with Gasteiger partial charge in [-0.15, -0.1) is 0 Å². The second-order valence-corrected chi connectivity index (χ2v) is 6.40. The summed E-state index contributed by atoms with van der Waals surface area (Å²) in [5.41, 5.74) is 2.87. The van der Waals surface area contributed by atoms with Crippen LogP contribution in [0, 0.1) is 6.08 Å². The minimum Gasteiger partial charge on any atom is -0.0801 e. The average Bonchev–Trinajstić information content (AvgIpc) is 2.75. The van der Waals surface area contributed by atoms with Crippen molar-refractivity contribution < 1.29 is 0 Å². The van der Waals surface area contributed by atoms with Crippen LogP contribution in [0.25, 0.3) is 0 Å². The van der Waals surface area contributed by atoms with Crippen LogP contribution in [0.2, 0.25) is 13.1 Å². The fourth-order valence-corrected chi connectivity index (χ4v) is 3.51. The van der Waals surface area contributed by atoms with Crippen molar-refractivity contribution in [1.82, 2.24) is 0 Å². The summed E-state index contributed by atoms with van der Waals surface area (Å²) in [6, 6.07) is 0. The van der Waals surface area contributed by atoms with E-state index in [2.05, 4.69) is 49.6 Å². The first-order chi connectivity index (χ1) is 6.79. The van der Waals surface area contributed by atoms with Gasteiger partial charge in [-0.25, -0.2) is 0 Å². The molecule has 2 aliphatic carbocycles. The van der Waals surface area contributed by atoms with E-state index in [0.29, 0.717) is 0 Å². The predicted octanol–water partition coefficient (Wildman–Crippen LogP) is 3.07. The Hall–Kier alpha value is -0.953. The zero-order valence-corrected chi connectivity index (χ0v) is 9.80. The molecule has 0 saturated heterocycles. The Morgan fingerprint density at radius 3 is 2.71 bits per heavy atom. The monoisotopic (exact) mass is 199 g/mol. The van der Waals surface area contributed by atoms with Crippen LogP contribution < -0.4 is 0 Å². The van der Waals surface area contributed by atoms with E-state index in [1.54, 1.807) is 5.17 Å². The highest BCUT2D eigenvalue weighted by Gasteiger charge is 2.12. The summed E-state index contributed by atoms with van der Waals surface area (Å²) in [5, 5.41) is 1.58. The molecule has 0 saturated carbocycles. The molecule has 0 heterocycles. The third-order valence-electron chi connectivity index (χ3n) is 2.56. The molecule has 2 aliphatic rings. The van der Waals surface area contributed by atoms with E-state index >= 15 is 0 Å². The van der Waals surface area contributed by atoms with Crippen molar-refractivity contribution in [3.8, 4) is 0 Å². The molecule has 0 unspecified atom stereocenters. The van der Waals surface area contributed by atoms with Crippen molar-refractivity contribution in [3.05, 3.63) is 47.6 Å². The molecule has 0 nitrogen and oxygen atoms in total. The van der Waals surface area contributed by atoms with E-state index in [-0.39, 0.29) is 8.41 Å². The first-order valence-electron chi connectivity index (χ1n) is 5.10. The highest BCUT2D eigenvalue weighted by Crippen LogP contribution is 2.20. The third-order valence-corrected chi connectivity index (χ3v) is 4.15. The van der Waals surface area contributed by atoms with Gasteiger partial charge in [0.25, 0.3) is 0 Å². The maximum absolute atomic E-state index is 3.44. The molecule has 1 heteroatoms. The van der Waals surface area contributed by atoms with Crippen LogP contribution in [0.4, 0.5) is 0 Å². The maximum Gasteiger partial charge on any atom is 0.0140 e. The van der Waals surface area contributed by atoms with Gasteiger partial charge in [-0.3, -0.25) is 0 Å². The first-order valence-corrected chi connectivity index (χ1v) is 7.60. The van der Waals surface area contributed by atoms with Crippen molar-refractivity contribution in [1.29, 1.82) is 0 Å². The van der Waals surface area contributed by atoms with Crippen LogP contribution >= 0.6 is 0 Å². The number of hydrogen-bond acceptors (Lipinski definition) is 0. The Bertz CT molecular complexity index is 385. The summed E-state index contributed by atoms with van der Waals surface area (Å²) in [6.45, 7) is 4.72. The largest absolute Gasteiger partial charge is 0.0801 e. The van der Waals surface area contributed by atoms with Crippen molar-refractivity contribution in [2.75, 3.05) is 0 Å². The predicted molar refractivity (Wildman–Crippen MR) is 64.8 cm³/mol. The van der Waals surface area contributed by atoms with Crippen LogP contribution in [0.5, 0.6) is 0 Å². The molecule has 0 atom stereocenters. The Morgan fingerprint density at radius 2 is 2.21 bits per heavy atom. The lowest BCUT2D eigenvalue weighted by Crippen LogP contribution is -2.13. The van der Waals surface area contributed by atoms with Crippen LogP contribution in [0.1, 0.15) is 12.8 Å². The Kier molecular flexibility index (Phi) is 2.78. The van der Waals surface area contributed by atoms with Crippen molar-refractivity contribution in [2.24, 2.45) is 0 Å². The first kappa shape index (κ1) is 9.60. The second kappa shape index (κ2) is 4.05. The quantitative estimate of drug-likeness (QED) is 0.600. The summed E-state index contributed by atoms with van der Waals surface area (Å²) < 4.78 is 0. The standard InChI is InChI=1S/C13H15Si/c1-14(2)13(11-7-3-4-8-11)12-9-5-6-10-12/h3-5,7,9H,6,8H2,1-2H3. The van der Waals surface area contributed by atoms with E-state index in [0.717, 1.165) is 12.8 Å². The van der Waals surface area contributed by atoms with Gasteiger partial charge in [-0.2, -0.15) is 0 Å². The fourth-order valence-electron chi connectivity index (χ4n) is 1.97. The van der Waals surface area contributed by atoms with Crippen LogP contribution in [0.15, 0.2) is 41.5 Å². The van der Waals surface area contributed by atoms with Gasteiger partial charge in [0.2, 0.25) is 0 Å². The molecule has 0 amide bonds. The molecule has 2 rings (SSSR count). The fraction of sp³-hybridized carbons (Fsp3) is 0.308. The van der Waals surface area contributed by atoms with E-state index in [4.69, 9.17) is 0 Å². The lowest BCUT2D eigenvalue weighted by molar-refractivity contribution is 1.36. The van der Waals surface area contributed by atoms with Gasteiger partial charge in [-0.05, 0) is 35.2 Å². The van der Waals surface area contributed by atoms with E-state index in [9.17, 15) is 0 Å². The molecule has 0 N–H and O–H groups in total. The van der Waals surface area contributed by atoms with Gasteiger partial charge >= 0.3 is 0 Å². The molecule has 0 spiro atoms. The van der Waals surface area contributed by atoms with Gasteiger partial charge < -0.3 is 0 Å². The van der Waals surface area contributed by atoms with Crippen molar-refractivity contribution >= 4 is 13.6 Å². The van der Waals surface area contributed by atoms with E-state index < -0.39 is 0 Å². The van der Waals surface area contributed by atoms with Crippen LogP contribution in [-0.2, 0) is 0 Å². The van der Waals surface area contributed by atoms with E-state index in [1.807, 2.05) is 0 Å². The Balaban J connectivity index is 2.35. The van der Waals surface area contributed by atoms with Gasteiger partial charge in [0.15, 0.2) is 0 Å². The molecule has 14 heavy (non-hydrogen) atoms. The third kappa shape index (κ3) is 1.78. The second-order valence-electron chi connectivity index (χ2n) is 3.90. The molecule has 0 aliphatic heterocycles. The molecule has 1 radical (unpaired) electrons. The zero-order valence-electron chi connectivity index (χ0n) is 8.80. The zero-order chi connectivity index (χ0) is 9.97. The van der Waals surface area contributed by atoms with E-state index in [1.165, 1.54) is 11.1 Å². The summed E-state index contributed by atoms with van der Waals surface area (Å²) in [4.78, 5) is 0. The summed E-state index contributed by atoms with van der Waals surface area (Å²) in [5.74, 6) is 0. The molecule has 0 aromatic rings. The summed E-state index contributed by atoms with van der Waals surface area (Å²) >= 11 is 0. The lowest BCUT2D eigenvalue weighted by Gasteiger charge is -2.10. The summed E-state index contributed by atoms with van der Waals surface area (Å²) in [7, 11) is -0.381. The number of allylic oxidation sites excluding steroid dienone is 8. The topological polar surface area (TPSA) is 0 Å². The smallest absolute Gasteiger partial charge is 0.0140 e. The van der Waals surface area contributed by atoms with Crippen molar-refractivity contribution in [3.63, 3.8) is 0 Å². The SMILES string of the molecule is C[Si](C)=C(C1=[C]CC=C1)C1=CC=CC1. The molecule has 0 bridgehead atoms. The maximum atomic E-state index is 3.44. The highest BCUT2D eigenvalue weighted by molar-refractivity contribution is 6.74. The normalized spacial score (nSPS) is 18.4. The average molecular weight is 199 g/mol. The summed E-state index contributed by atoms with van der Waals surface area (Å²) in [6.07, 6.45) is 16.6. The molecule has 0 aromatic carbocycles. The Morgan fingerprint density at radius 1 is 1.36 bits per heavy atom. The number of rotatable bonds is 2. The van der Waals surface area contributed by atoms with Gasteiger partial charge in [0.05, 0.1) is 0 Å². The molecular formula is C13H15Si. The minimum absolute atomic E-state index is 0.381. The minimum atomic E-state index is -0.381. The van der Waals surface area contributed by atoms with Crippen LogP contribution in [0.3, 0.4) is 0 Å². The molecule has 0 fully saturated rings. The van der Waals surface area contributed by atoms with Crippen molar-refractivity contribution in [2.45, 2.75) is 25.9 Å². The van der Waals surface area contributed by atoms with Crippen LogP contribution in [-0.4, -0.2) is 13.6 Å². The lowest BCUT2D eigenvalue weighted by atomic mass is 10.1. The molecule has 71 valence electrons. The molecule has 0 aromatic heterocycles. The van der Waals surface area contributed by atoms with Gasteiger partial charge in [0.1, 0.15) is 0 Å². The van der Waals surface area contributed by atoms with Gasteiger partial charge in [0, 0.05) is 8.41 Å². The van der Waals surface area contributed by atoms with Gasteiger partial charge in [-0.1, -0.05) is 43.5 Å². The Labute approximate surface area is 87.6 Å².